The lowest BCUT2D eigenvalue weighted by atomic mass is 9.67. The summed E-state index contributed by atoms with van der Waals surface area (Å²) >= 11 is 1.84. The molecular formula is C17H29NOS. The van der Waals surface area contributed by atoms with E-state index in [0.717, 1.165) is 19.4 Å². The minimum Gasteiger partial charge on any atom is -0.376 e. The fourth-order valence-electron chi connectivity index (χ4n) is 3.44. The van der Waals surface area contributed by atoms with Crippen molar-refractivity contribution < 1.29 is 4.74 Å². The highest BCUT2D eigenvalue weighted by atomic mass is 32.1. The number of thiophene rings is 1. The third-order valence-electron chi connectivity index (χ3n) is 5.00. The third kappa shape index (κ3) is 3.10. The number of nitrogens with one attached hydrogen (secondary N) is 1. The van der Waals surface area contributed by atoms with Gasteiger partial charge in [0.05, 0.1) is 11.6 Å². The molecule has 1 N–H and O–H groups in total. The molecule has 3 heteroatoms. The molecule has 1 saturated carbocycles. The molecule has 1 aliphatic rings. The maximum absolute atomic E-state index is 6.11. The van der Waals surface area contributed by atoms with Crippen LogP contribution in [0.2, 0.25) is 0 Å². The van der Waals surface area contributed by atoms with Crippen LogP contribution >= 0.6 is 11.3 Å². The molecule has 0 aromatic carbocycles. The molecule has 2 rings (SSSR count). The first kappa shape index (κ1) is 16.0. The van der Waals surface area contributed by atoms with Crippen molar-refractivity contribution in [1.82, 2.24) is 5.32 Å². The lowest BCUT2D eigenvalue weighted by molar-refractivity contribution is -0.0873. The standard InChI is InChI=1S/C17H29NOS/c1-6-18-15(14-7-12-20-13(14)2)17(19-5)10-8-16(3,4)9-11-17/h7,12,15,18H,6,8-11H2,1-5H3. The van der Waals surface area contributed by atoms with Crippen molar-refractivity contribution in [3.05, 3.63) is 21.9 Å². The van der Waals surface area contributed by atoms with E-state index in [2.05, 4.69) is 44.5 Å². The fraction of sp³-hybridized carbons (Fsp3) is 0.765. The number of hydrogen-bond donors (Lipinski definition) is 1. The van der Waals surface area contributed by atoms with Crippen LogP contribution in [0, 0.1) is 12.3 Å². The summed E-state index contributed by atoms with van der Waals surface area (Å²) < 4.78 is 6.11. The fourth-order valence-corrected chi connectivity index (χ4v) is 4.18. The van der Waals surface area contributed by atoms with Gasteiger partial charge in [0, 0.05) is 12.0 Å². The minimum atomic E-state index is -0.0443. The smallest absolute Gasteiger partial charge is 0.0873 e. The van der Waals surface area contributed by atoms with Crippen LogP contribution in [0.4, 0.5) is 0 Å². The van der Waals surface area contributed by atoms with Crippen molar-refractivity contribution in [3.8, 4) is 0 Å². The van der Waals surface area contributed by atoms with Crippen molar-refractivity contribution in [2.24, 2.45) is 5.41 Å². The van der Waals surface area contributed by atoms with E-state index in [-0.39, 0.29) is 5.60 Å². The Morgan fingerprint density at radius 3 is 2.40 bits per heavy atom. The van der Waals surface area contributed by atoms with Crippen LogP contribution in [0.3, 0.4) is 0 Å². The average Bonchev–Trinajstić information content (AvgIpc) is 2.83. The second-order valence-electron chi connectivity index (χ2n) is 6.86. The summed E-state index contributed by atoms with van der Waals surface area (Å²) in [6.07, 6.45) is 4.77. The minimum absolute atomic E-state index is 0.0443. The number of rotatable bonds is 5. The number of ether oxygens (including phenoxy) is 1. The SMILES string of the molecule is CCNC(c1ccsc1C)C1(OC)CCC(C)(C)CC1. The van der Waals surface area contributed by atoms with Crippen LogP contribution in [0.15, 0.2) is 11.4 Å². The molecule has 1 heterocycles. The van der Waals surface area contributed by atoms with Crippen molar-refractivity contribution >= 4 is 11.3 Å². The van der Waals surface area contributed by atoms with E-state index in [1.807, 2.05) is 18.4 Å². The van der Waals surface area contributed by atoms with Gasteiger partial charge < -0.3 is 10.1 Å². The van der Waals surface area contributed by atoms with Crippen molar-refractivity contribution in [2.45, 2.75) is 65.0 Å². The molecule has 0 saturated heterocycles. The molecule has 1 aliphatic carbocycles. The van der Waals surface area contributed by atoms with Crippen LogP contribution in [0.1, 0.15) is 62.9 Å². The lowest BCUT2D eigenvalue weighted by Gasteiger charge is -2.47. The molecule has 1 aromatic heterocycles. The van der Waals surface area contributed by atoms with Gasteiger partial charge in [-0.3, -0.25) is 0 Å². The zero-order valence-electron chi connectivity index (χ0n) is 13.6. The first-order valence-electron chi connectivity index (χ1n) is 7.77. The van der Waals surface area contributed by atoms with Gasteiger partial charge in [-0.2, -0.15) is 0 Å². The van der Waals surface area contributed by atoms with Gasteiger partial charge in [-0.25, -0.2) is 0 Å². The maximum Gasteiger partial charge on any atom is 0.0873 e. The predicted molar refractivity (Wildman–Crippen MR) is 87.5 cm³/mol. The Balaban J connectivity index is 2.29. The number of hydrogen-bond acceptors (Lipinski definition) is 3. The molecule has 1 aromatic rings. The summed E-state index contributed by atoms with van der Waals surface area (Å²) in [5.41, 5.74) is 1.85. The number of aryl methyl sites for hydroxylation is 1. The monoisotopic (exact) mass is 295 g/mol. The van der Waals surface area contributed by atoms with Gasteiger partial charge in [0.25, 0.3) is 0 Å². The van der Waals surface area contributed by atoms with Crippen LogP contribution < -0.4 is 5.32 Å². The van der Waals surface area contributed by atoms with Crippen molar-refractivity contribution in [1.29, 1.82) is 0 Å². The Labute approximate surface area is 127 Å². The molecule has 1 atom stereocenters. The topological polar surface area (TPSA) is 21.3 Å². The summed E-state index contributed by atoms with van der Waals surface area (Å²) in [5, 5.41) is 5.90. The predicted octanol–water partition coefficient (Wildman–Crippen LogP) is 4.69. The summed E-state index contributed by atoms with van der Waals surface area (Å²) in [7, 11) is 1.89. The quantitative estimate of drug-likeness (QED) is 0.850. The molecule has 114 valence electrons. The Bertz CT molecular complexity index is 428. The molecule has 20 heavy (non-hydrogen) atoms. The van der Waals surface area contributed by atoms with E-state index in [9.17, 15) is 0 Å². The Morgan fingerprint density at radius 1 is 1.30 bits per heavy atom. The van der Waals surface area contributed by atoms with Crippen LogP contribution in [-0.4, -0.2) is 19.3 Å². The molecular weight excluding hydrogens is 266 g/mol. The highest BCUT2D eigenvalue weighted by molar-refractivity contribution is 7.10. The third-order valence-corrected chi connectivity index (χ3v) is 5.86. The average molecular weight is 295 g/mol. The Hall–Kier alpha value is -0.380. The number of likely N-dealkylation sites (N-methyl/N-ethyl adjacent to an activating group) is 1. The molecule has 0 spiro atoms. The zero-order chi connectivity index (χ0) is 14.8. The van der Waals surface area contributed by atoms with Crippen molar-refractivity contribution in [3.63, 3.8) is 0 Å². The van der Waals surface area contributed by atoms with E-state index in [0.29, 0.717) is 11.5 Å². The first-order valence-corrected chi connectivity index (χ1v) is 8.64. The molecule has 1 fully saturated rings. The second-order valence-corrected chi connectivity index (χ2v) is 7.98. The van der Waals surface area contributed by atoms with Crippen molar-refractivity contribution in [2.75, 3.05) is 13.7 Å². The van der Waals surface area contributed by atoms with Gasteiger partial charge in [-0.15, -0.1) is 11.3 Å². The molecule has 0 bridgehead atoms. The summed E-state index contributed by atoms with van der Waals surface area (Å²) in [4.78, 5) is 1.41. The normalized spacial score (nSPS) is 22.6. The Morgan fingerprint density at radius 2 is 1.95 bits per heavy atom. The number of methoxy groups -OCH3 is 1. The van der Waals surface area contributed by atoms with Crippen LogP contribution in [0.5, 0.6) is 0 Å². The van der Waals surface area contributed by atoms with Gasteiger partial charge in [0.15, 0.2) is 0 Å². The molecule has 1 unspecified atom stereocenters. The van der Waals surface area contributed by atoms with Crippen LogP contribution in [-0.2, 0) is 4.74 Å². The lowest BCUT2D eigenvalue weighted by Crippen LogP contribution is -2.49. The maximum atomic E-state index is 6.11. The first-order chi connectivity index (χ1) is 9.44. The van der Waals surface area contributed by atoms with E-state index in [4.69, 9.17) is 4.74 Å². The van der Waals surface area contributed by atoms with Gasteiger partial charge in [0.2, 0.25) is 0 Å². The highest BCUT2D eigenvalue weighted by Gasteiger charge is 2.45. The van der Waals surface area contributed by atoms with Crippen LogP contribution in [0.25, 0.3) is 0 Å². The highest BCUT2D eigenvalue weighted by Crippen LogP contribution is 2.48. The molecule has 0 radical (unpaired) electrons. The summed E-state index contributed by atoms with van der Waals surface area (Å²) in [5.74, 6) is 0. The zero-order valence-corrected chi connectivity index (χ0v) is 14.4. The second kappa shape index (κ2) is 6.17. The summed E-state index contributed by atoms with van der Waals surface area (Å²) in [6.45, 7) is 10.1. The molecule has 2 nitrogen and oxygen atoms in total. The largest absolute Gasteiger partial charge is 0.376 e. The van der Waals surface area contributed by atoms with Gasteiger partial charge in [-0.1, -0.05) is 20.8 Å². The van der Waals surface area contributed by atoms with Gasteiger partial charge in [0.1, 0.15) is 0 Å². The van der Waals surface area contributed by atoms with Gasteiger partial charge >= 0.3 is 0 Å². The van der Waals surface area contributed by atoms with E-state index < -0.39 is 0 Å². The molecule has 0 aliphatic heterocycles. The summed E-state index contributed by atoms with van der Waals surface area (Å²) in [6, 6.07) is 2.59. The van der Waals surface area contributed by atoms with E-state index in [1.54, 1.807) is 0 Å². The van der Waals surface area contributed by atoms with E-state index >= 15 is 0 Å². The molecule has 0 amide bonds. The Kier molecular flexibility index (Phi) is 4.93. The van der Waals surface area contributed by atoms with E-state index in [1.165, 1.54) is 23.3 Å². The van der Waals surface area contributed by atoms with Gasteiger partial charge in [-0.05, 0) is 61.6 Å².